The summed E-state index contributed by atoms with van der Waals surface area (Å²) in [6, 6.07) is 6.21. The van der Waals surface area contributed by atoms with Gasteiger partial charge in [0.25, 0.3) is 0 Å². The predicted molar refractivity (Wildman–Crippen MR) is 64.5 cm³/mol. The summed E-state index contributed by atoms with van der Waals surface area (Å²) in [6.07, 6.45) is 1.40. The molecule has 0 saturated carbocycles. The maximum Gasteiger partial charge on any atom is 0.374 e. The highest BCUT2D eigenvalue weighted by Gasteiger charge is 2.08. The molecule has 0 aromatic heterocycles. The van der Waals surface area contributed by atoms with Crippen molar-refractivity contribution in [2.75, 3.05) is 5.75 Å². The van der Waals surface area contributed by atoms with Gasteiger partial charge in [0.05, 0.1) is 5.75 Å². The van der Waals surface area contributed by atoms with Gasteiger partial charge in [0.2, 0.25) is 0 Å². The van der Waals surface area contributed by atoms with Crippen LogP contribution in [0.1, 0.15) is 0 Å². The molecule has 0 heterocycles. The molecule has 2 unspecified atom stereocenters. The first-order valence-electron chi connectivity index (χ1n) is 4.15. The molecule has 0 aliphatic heterocycles. The Morgan fingerprint density at radius 1 is 1.31 bits per heavy atom. The maximum atomic E-state index is 11.2. The Balaban J connectivity index is 2.48. The molecular formula is C9H9ClO4S2. The van der Waals surface area contributed by atoms with Gasteiger partial charge in [-0.05, 0) is 24.3 Å². The Morgan fingerprint density at radius 2 is 1.94 bits per heavy atom. The lowest BCUT2D eigenvalue weighted by Gasteiger charge is -2.03. The Morgan fingerprint density at radius 3 is 2.50 bits per heavy atom. The predicted octanol–water partition coefficient (Wildman–Crippen LogP) is 2.16. The molecule has 0 aliphatic carbocycles. The Bertz CT molecular complexity index is 404. The van der Waals surface area contributed by atoms with Crippen LogP contribution >= 0.6 is 11.6 Å². The second-order valence-electron chi connectivity index (χ2n) is 2.57. The van der Waals surface area contributed by atoms with E-state index in [1.165, 1.54) is 18.2 Å². The van der Waals surface area contributed by atoms with Gasteiger partial charge in [-0.2, -0.15) is 7.84 Å². The van der Waals surface area contributed by atoms with Crippen molar-refractivity contribution in [2.45, 2.75) is 0 Å². The first kappa shape index (κ1) is 13.4. The second-order valence-corrected chi connectivity index (χ2v) is 5.07. The molecule has 0 amide bonds. The summed E-state index contributed by atoms with van der Waals surface area (Å²) in [5.74, 6) is 0.411. The van der Waals surface area contributed by atoms with Crippen molar-refractivity contribution in [3.05, 3.63) is 41.9 Å². The zero-order valence-corrected chi connectivity index (χ0v) is 10.5. The van der Waals surface area contributed by atoms with Crippen LogP contribution in [-0.2, 0) is 26.1 Å². The zero-order chi connectivity index (χ0) is 12.0. The van der Waals surface area contributed by atoms with E-state index in [1.807, 2.05) is 0 Å². The van der Waals surface area contributed by atoms with Gasteiger partial charge in [-0.25, -0.2) is 4.21 Å². The number of hydrogen-bond donors (Lipinski definition) is 0. The minimum absolute atomic E-state index is 0.0930. The molecule has 16 heavy (non-hydrogen) atoms. The summed E-state index contributed by atoms with van der Waals surface area (Å²) in [6.45, 7) is 3.37. The molecule has 4 nitrogen and oxygen atoms in total. The first-order valence-corrected chi connectivity index (χ1v) is 6.77. The largest absolute Gasteiger partial charge is 0.379 e. The summed E-state index contributed by atoms with van der Waals surface area (Å²) < 4.78 is 31.6. The van der Waals surface area contributed by atoms with Crippen LogP contribution in [0.5, 0.6) is 5.75 Å². The molecule has 88 valence electrons. The fourth-order valence-corrected chi connectivity index (χ4v) is 2.18. The van der Waals surface area contributed by atoms with Crippen LogP contribution in [0.25, 0.3) is 0 Å². The highest BCUT2D eigenvalue weighted by Crippen LogP contribution is 2.16. The van der Waals surface area contributed by atoms with Crippen LogP contribution in [0, 0.1) is 0 Å². The van der Waals surface area contributed by atoms with Crippen molar-refractivity contribution in [1.82, 2.24) is 0 Å². The topological polar surface area (TPSA) is 52.6 Å². The fourth-order valence-electron chi connectivity index (χ4n) is 0.769. The second kappa shape index (κ2) is 6.80. The minimum atomic E-state index is -2.10. The van der Waals surface area contributed by atoms with E-state index in [9.17, 15) is 8.42 Å². The minimum Gasteiger partial charge on any atom is -0.379 e. The van der Waals surface area contributed by atoms with E-state index < -0.39 is 22.4 Å². The summed E-state index contributed by atoms with van der Waals surface area (Å²) >= 11 is 1.85. The van der Waals surface area contributed by atoms with Crippen molar-refractivity contribution in [2.24, 2.45) is 0 Å². The molecule has 2 atom stereocenters. The van der Waals surface area contributed by atoms with Gasteiger partial charge in [-0.1, -0.05) is 17.7 Å². The van der Waals surface area contributed by atoms with Gasteiger partial charge in [0.1, 0.15) is 5.75 Å². The fraction of sp³-hybridized carbons (Fsp3) is 0.111. The first-order chi connectivity index (χ1) is 7.61. The van der Waals surface area contributed by atoms with E-state index >= 15 is 0 Å². The molecule has 7 heteroatoms. The molecular weight excluding hydrogens is 272 g/mol. The van der Waals surface area contributed by atoms with Crippen LogP contribution < -0.4 is 4.18 Å². The standard InChI is InChI=1S/C9H9ClO4S2/c1-2-7-15(11)14-16(12)13-9-5-3-8(10)4-6-9/h2-6H,1,7H2. The third-order valence-corrected chi connectivity index (χ3v) is 3.50. The highest BCUT2D eigenvalue weighted by atomic mass is 35.5. The molecule has 0 bridgehead atoms. The van der Waals surface area contributed by atoms with Gasteiger partial charge < -0.3 is 4.18 Å². The Hall–Kier alpha value is -0.690. The van der Waals surface area contributed by atoms with E-state index in [4.69, 9.17) is 15.8 Å². The summed E-state index contributed by atoms with van der Waals surface area (Å²) in [7, 11) is 0. The molecule has 0 saturated heterocycles. The van der Waals surface area contributed by atoms with E-state index in [2.05, 4.69) is 10.2 Å². The van der Waals surface area contributed by atoms with Crippen molar-refractivity contribution in [3.8, 4) is 5.75 Å². The average Bonchev–Trinajstić information content (AvgIpc) is 2.21. The van der Waals surface area contributed by atoms with Crippen molar-refractivity contribution in [1.29, 1.82) is 0 Å². The van der Waals surface area contributed by atoms with Gasteiger partial charge in [-0.15, -0.1) is 6.58 Å². The summed E-state index contributed by atoms with van der Waals surface area (Å²) in [5.41, 5.74) is 0. The molecule has 0 aliphatic rings. The monoisotopic (exact) mass is 280 g/mol. The lowest BCUT2D eigenvalue weighted by molar-refractivity contribution is 0.474. The molecule has 1 aromatic carbocycles. The quantitative estimate of drug-likeness (QED) is 0.750. The van der Waals surface area contributed by atoms with Crippen LogP contribution in [-0.4, -0.2) is 14.2 Å². The van der Waals surface area contributed by atoms with Crippen molar-refractivity contribution in [3.63, 3.8) is 0 Å². The highest BCUT2D eigenvalue weighted by molar-refractivity contribution is 7.91. The van der Waals surface area contributed by atoms with E-state index in [0.29, 0.717) is 10.8 Å². The summed E-state index contributed by atoms with van der Waals surface area (Å²) in [4.78, 5) is 0. The lowest BCUT2D eigenvalue weighted by atomic mass is 10.3. The van der Waals surface area contributed by atoms with E-state index in [1.54, 1.807) is 12.1 Å². The zero-order valence-electron chi connectivity index (χ0n) is 8.13. The van der Waals surface area contributed by atoms with Gasteiger partial charge in [-0.3, -0.25) is 0 Å². The van der Waals surface area contributed by atoms with E-state index in [-0.39, 0.29) is 5.75 Å². The smallest absolute Gasteiger partial charge is 0.374 e. The lowest BCUT2D eigenvalue weighted by Crippen LogP contribution is -2.08. The summed E-state index contributed by atoms with van der Waals surface area (Å²) in [5, 5.41) is 0.536. The third-order valence-electron chi connectivity index (χ3n) is 1.36. The van der Waals surface area contributed by atoms with Crippen LogP contribution in [0.15, 0.2) is 36.9 Å². The van der Waals surface area contributed by atoms with Crippen molar-refractivity contribution >= 4 is 34.0 Å². The molecule has 1 rings (SSSR count). The maximum absolute atomic E-state index is 11.2. The molecule has 0 spiro atoms. The molecule has 1 aromatic rings. The normalized spacial score (nSPS) is 14.1. The van der Waals surface area contributed by atoms with Gasteiger partial charge in [0.15, 0.2) is 11.1 Å². The molecule has 0 radical (unpaired) electrons. The van der Waals surface area contributed by atoms with Gasteiger partial charge >= 0.3 is 11.4 Å². The van der Waals surface area contributed by atoms with E-state index in [0.717, 1.165) is 0 Å². The number of hydrogen-bond acceptors (Lipinski definition) is 4. The number of rotatable bonds is 6. The van der Waals surface area contributed by atoms with Crippen LogP contribution in [0.4, 0.5) is 0 Å². The number of benzene rings is 1. The Labute approximate surface area is 104 Å². The van der Waals surface area contributed by atoms with Crippen molar-refractivity contribution < 1.29 is 16.2 Å². The molecule has 0 N–H and O–H groups in total. The third kappa shape index (κ3) is 4.89. The molecule has 0 fully saturated rings. The SMILES string of the molecule is C=CCS(=O)OS(=O)Oc1ccc(Cl)cc1. The van der Waals surface area contributed by atoms with Crippen LogP contribution in [0.2, 0.25) is 5.02 Å². The Kier molecular flexibility index (Phi) is 5.68. The van der Waals surface area contributed by atoms with Crippen LogP contribution in [0.3, 0.4) is 0 Å². The number of halogens is 1. The van der Waals surface area contributed by atoms with Gasteiger partial charge in [0, 0.05) is 5.02 Å². The average molecular weight is 281 g/mol.